The number of carbonyl (C=O) groups is 3. The predicted molar refractivity (Wildman–Crippen MR) is 71.8 cm³/mol. The highest BCUT2D eigenvalue weighted by Gasteiger charge is 2.62. The van der Waals surface area contributed by atoms with E-state index < -0.39 is 23.3 Å². The van der Waals surface area contributed by atoms with Gasteiger partial charge in [-0.3, -0.25) is 14.9 Å². The molecule has 1 aromatic rings. The number of urea groups is 1. The molecule has 1 N–H and O–H groups in total. The van der Waals surface area contributed by atoms with E-state index in [1.165, 1.54) is 0 Å². The Bertz CT molecular complexity index is 627. The number of imide groups is 2. The van der Waals surface area contributed by atoms with Crippen molar-refractivity contribution in [2.45, 2.75) is 12.8 Å². The largest absolute Gasteiger partial charge is 0.335 e. The third-order valence-electron chi connectivity index (χ3n) is 3.38. The second-order valence-electron chi connectivity index (χ2n) is 4.58. The quantitative estimate of drug-likeness (QED) is 0.797. The van der Waals surface area contributed by atoms with Gasteiger partial charge < -0.3 is 0 Å². The summed E-state index contributed by atoms with van der Waals surface area (Å²) in [5.74, 6) is -0.956. The van der Waals surface area contributed by atoms with Gasteiger partial charge in [-0.05, 0) is 47.0 Å². The highest BCUT2D eigenvalue weighted by atomic mass is 79.9. The zero-order chi connectivity index (χ0) is 13.8. The lowest BCUT2D eigenvalue weighted by atomic mass is 10.0. The molecule has 1 heterocycles. The zero-order valence-electron chi connectivity index (χ0n) is 9.57. The van der Waals surface area contributed by atoms with Crippen molar-refractivity contribution >= 4 is 51.1 Å². The van der Waals surface area contributed by atoms with Crippen LogP contribution in [-0.4, -0.2) is 17.8 Å². The summed E-state index contributed by atoms with van der Waals surface area (Å²) in [7, 11) is 0. The normalized spacial score (nSPS) is 20.7. The van der Waals surface area contributed by atoms with Gasteiger partial charge in [-0.25, -0.2) is 9.69 Å². The van der Waals surface area contributed by atoms with Crippen LogP contribution in [0.25, 0.3) is 0 Å². The number of hydrogen-bond donors (Lipinski definition) is 1. The van der Waals surface area contributed by atoms with E-state index in [0.29, 0.717) is 28.0 Å². The average molecular weight is 344 g/mol. The molecule has 0 atom stereocenters. The van der Waals surface area contributed by atoms with Crippen LogP contribution in [0.15, 0.2) is 22.7 Å². The van der Waals surface area contributed by atoms with Crippen molar-refractivity contribution in [2.75, 3.05) is 4.90 Å². The average Bonchev–Trinajstić information content (AvgIpc) is 3.13. The Morgan fingerprint density at radius 1 is 1.26 bits per heavy atom. The molecule has 7 heteroatoms. The number of nitrogens with zero attached hydrogens (tertiary/aromatic N) is 1. The third kappa shape index (κ3) is 1.78. The van der Waals surface area contributed by atoms with Crippen LogP contribution in [0.3, 0.4) is 0 Å². The maximum atomic E-state index is 12.3. The van der Waals surface area contributed by atoms with Gasteiger partial charge in [-0.15, -0.1) is 0 Å². The van der Waals surface area contributed by atoms with Gasteiger partial charge >= 0.3 is 6.03 Å². The predicted octanol–water partition coefficient (Wildman–Crippen LogP) is 2.47. The van der Waals surface area contributed by atoms with Gasteiger partial charge in [0.25, 0.3) is 5.91 Å². The van der Waals surface area contributed by atoms with Crippen molar-refractivity contribution in [2.24, 2.45) is 5.41 Å². The van der Waals surface area contributed by atoms with Crippen molar-refractivity contribution in [3.8, 4) is 0 Å². The first-order valence-electron chi connectivity index (χ1n) is 5.61. The number of barbiturate groups is 1. The Kier molecular flexibility index (Phi) is 2.69. The fraction of sp³-hybridized carbons (Fsp3) is 0.250. The number of halogens is 2. The maximum Gasteiger partial charge on any atom is 0.335 e. The molecule has 0 radical (unpaired) electrons. The molecule has 2 fully saturated rings. The van der Waals surface area contributed by atoms with Crippen LogP contribution < -0.4 is 10.2 Å². The van der Waals surface area contributed by atoms with E-state index in [4.69, 9.17) is 11.6 Å². The van der Waals surface area contributed by atoms with Crippen molar-refractivity contribution in [3.63, 3.8) is 0 Å². The topological polar surface area (TPSA) is 66.5 Å². The Hall–Kier alpha value is -1.40. The zero-order valence-corrected chi connectivity index (χ0v) is 11.9. The Morgan fingerprint density at radius 2 is 1.95 bits per heavy atom. The summed E-state index contributed by atoms with van der Waals surface area (Å²) in [6, 6.07) is 4.00. The van der Waals surface area contributed by atoms with Crippen LogP contribution in [0.1, 0.15) is 12.8 Å². The lowest BCUT2D eigenvalue weighted by Crippen LogP contribution is -2.59. The van der Waals surface area contributed by atoms with Gasteiger partial charge in [-0.2, -0.15) is 0 Å². The first-order chi connectivity index (χ1) is 8.95. The monoisotopic (exact) mass is 342 g/mol. The Balaban J connectivity index is 2.03. The van der Waals surface area contributed by atoms with Crippen molar-refractivity contribution in [1.82, 2.24) is 5.32 Å². The fourth-order valence-electron chi connectivity index (χ4n) is 2.10. The molecule has 1 aliphatic carbocycles. The van der Waals surface area contributed by atoms with Gasteiger partial charge in [-0.1, -0.05) is 11.6 Å². The van der Waals surface area contributed by atoms with Crippen molar-refractivity contribution in [1.29, 1.82) is 0 Å². The fourth-order valence-corrected chi connectivity index (χ4v) is 2.58. The molecule has 5 nitrogen and oxygen atoms in total. The van der Waals surface area contributed by atoms with Crippen LogP contribution in [0.5, 0.6) is 0 Å². The molecule has 0 bridgehead atoms. The molecule has 98 valence electrons. The second-order valence-corrected chi connectivity index (χ2v) is 5.84. The molecular formula is C12H8BrClN2O3. The molecule has 0 unspecified atom stereocenters. The summed E-state index contributed by atoms with van der Waals surface area (Å²) in [5, 5.41) is 2.70. The number of hydrogen-bond acceptors (Lipinski definition) is 3. The summed E-state index contributed by atoms with van der Waals surface area (Å²) < 4.78 is 0.578. The van der Waals surface area contributed by atoms with Crippen LogP contribution in [0.4, 0.5) is 10.5 Å². The third-order valence-corrected chi connectivity index (χ3v) is 4.60. The lowest BCUT2D eigenvalue weighted by Gasteiger charge is -2.30. The smallest absolute Gasteiger partial charge is 0.276 e. The van der Waals surface area contributed by atoms with E-state index in [1.54, 1.807) is 18.2 Å². The Labute approximate surface area is 122 Å². The Morgan fingerprint density at radius 3 is 2.53 bits per heavy atom. The molecule has 1 aromatic carbocycles. The van der Waals surface area contributed by atoms with Crippen LogP contribution >= 0.6 is 27.5 Å². The van der Waals surface area contributed by atoms with Gasteiger partial charge in [0.15, 0.2) is 0 Å². The second kappa shape index (κ2) is 4.05. The lowest BCUT2D eigenvalue weighted by molar-refractivity contribution is -0.136. The summed E-state index contributed by atoms with van der Waals surface area (Å²) in [6.45, 7) is 0. The molecule has 1 saturated carbocycles. The van der Waals surface area contributed by atoms with Gasteiger partial charge in [0.2, 0.25) is 5.91 Å². The van der Waals surface area contributed by atoms with E-state index >= 15 is 0 Å². The van der Waals surface area contributed by atoms with Gasteiger partial charge in [0.1, 0.15) is 5.41 Å². The highest BCUT2D eigenvalue weighted by Crippen LogP contribution is 2.49. The number of rotatable bonds is 1. The van der Waals surface area contributed by atoms with E-state index in [9.17, 15) is 14.4 Å². The van der Waals surface area contributed by atoms with E-state index in [1.807, 2.05) is 0 Å². The molecule has 19 heavy (non-hydrogen) atoms. The summed E-state index contributed by atoms with van der Waals surface area (Å²) in [6.07, 6.45) is 0.965. The maximum absolute atomic E-state index is 12.3. The SMILES string of the molecule is O=C1NC(=O)C2(CC2)C(=O)N1c1ccc(Cl)c(Br)c1. The summed E-state index contributed by atoms with van der Waals surface area (Å²) in [5.41, 5.74) is -0.655. The van der Waals surface area contributed by atoms with Gasteiger partial charge in [0.05, 0.1) is 10.7 Å². The minimum atomic E-state index is -1.04. The summed E-state index contributed by atoms with van der Waals surface area (Å²) >= 11 is 9.12. The minimum Gasteiger partial charge on any atom is -0.276 e. The standard InChI is InChI=1S/C12H8BrClN2O3/c13-7-5-6(1-2-8(7)14)16-10(18)12(3-4-12)9(17)15-11(16)19/h1-2,5H,3-4H2,(H,15,17,19). The highest BCUT2D eigenvalue weighted by molar-refractivity contribution is 9.10. The van der Waals surface area contributed by atoms with Crippen molar-refractivity contribution in [3.05, 3.63) is 27.7 Å². The first-order valence-corrected chi connectivity index (χ1v) is 6.78. The number of nitrogens with one attached hydrogen (secondary N) is 1. The van der Waals surface area contributed by atoms with Crippen molar-refractivity contribution < 1.29 is 14.4 Å². The number of amides is 4. The molecule has 3 rings (SSSR count). The van der Waals surface area contributed by atoms with E-state index in [0.717, 1.165) is 4.90 Å². The minimum absolute atomic E-state index is 0.387. The first kappa shape index (κ1) is 12.6. The van der Waals surface area contributed by atoms with E-state index in [-0.39, 0.29) is 0 Å². The molecule has 1 spiro atoms. The molecule has 1 saturated heterocycles. The van der Waals surface area contributed by atoms with Gasteiger partial charge in [0, 0.05) is 4.47 Å². The number of anilines is 1. The molecule has 1 aliphatic heterocycles. The number of benzene rings is 1. The van der Waals surface area contributed by atoms with Crippen LogP contribution in [-0.2, 0) is 9.59 Å². The molecule has 2 aliphatic rings. The summed E-state index contributed by atoms with van der Waals surface area (Å²) in [4.78, 5) is 36.9. The van der Waals surface area contributed by atoms with E-state index in [2.05, 4.69) is 21.2 Å². The number of carbonyl (C=O) groups excluding carboxylic acids is 3. The molecule has 4 amide bonds. The van der Waals surface area contributed by atoms with Crippen LogP contribution in [0, 0.1) is 5.41 Å². The molecular weight excluding hydrogens is 335 g/mol. The molecule has 0 aromatic heterocycles. The van der Waals surface area contributed by atoms with Crippen LogP contribution in [0.2, 0.25) is 5.02 Å².